The number of carbonyl (C=O) groups excluding carboxylic acids is 1. The van der Waals surface area contributed by atoms with Crippen molar-refractivity contribution < 1.29 is 23.7 Å². The van der Waals surface area contributed by atoms with E-state index in [9.17, 15) is 4.79 Å². The number of ether oxygens (including phenoxy) is 4. The molecule has 1 unspecified atom stereocenters. The number of nitrogens with zero attached hydrogens (tertiary/aromatic N) is 1. The van der Waals surface area contributed by atoms with Gasteiger partial charge in [0.05, 0.1) is 5.69 Å². The van der Waals surface area contributed by atoms with Crippen LogP contribution in [0, 0.1) is 20.8 Å². The molecular weight excluding hydrogens is 420 g/mol. The summed E-state index contributed by atoms with van der Waals surface area (Å²) in [5.41, 5.74) is 10.0. The molecule has 2 N–H and O–H groups in total. The Morgan fingerprint density at radius 1 is 1.18 bits per heavy atom. The van der Waals surface area contributed by atoms with E-state index in [2.05, 4.69) is 4.98 Å². The third-order valence-corrected chi connectivity index (χ3v) is 6.78. The number of nitrogens with two attached hydrogens (primary N) is 1. The molecule has 0 amide bonds. The lowest BCUT2D eigenvalue weighted by Crippen LogP contribution is -2.42. The van der Waals surface area contributed by atoms with Gasteiger partial charge in [-0.05, 0) is 89.0 Å². The van der Waals surface area contributed by atoms with Crippen LogP contribution in [0.15, 0.2) is 12.1 Å². The summed E-state index contributed by atoms with van der Waals surface area (Å²) in [6.07, 6.45) is 6.18. The Bertz CT molecular complexity index is 1060. The molecule has 33 heavy (non-hydrogen) atoms. The third kappa shape index (κ3) is 4.87. The van der Waals surface area contributed by atoms with Crippen LogP contribution >= 0.6 is 0 Å². The van der Waals surface area contributed by atoms with Gasteiger partial charge < -0.3 is 24.7 Å². The highest BCUT2D eigenvalue weighted by molar-refractivity contribution is 5.72. The molecule has 1 atom stereocenters. The molecule has 7 nitrogen and oxygen atoms in total. The molecule has 1 fully saturated rings. The summed E-state index contributed by atoms with van der Waals surface area (Å²) < 4.78 is 24.1. The van der Waals surface area contributed by atoms with Crippen LogP contribution in [0.2, 0.25) is 0 Å². The van der Waals surface area contributed by atoms with Crippen molar-refractivity contribution in [1.29, 1.82) is 0 Å². The van der Waals surface area contributed by atoms with Crippen LogP contribution in [0.5, 0.6) is 23.3 Å². The molecular formula is C26H34N2O5. The van der Waals surface area contributed by atoms with Crippen molar-refractivity contribution >= 4 is 11.7 Å². The van der Waals surface area contributed by atoms with Gasteiger partial charge in [-0.15, -0.1) is 0 Å². The molecule has 1 aliphatic heterocycles. The molecule has 1 aliphatic carbocycles. The summed E-state index contributed by atoms with van der Waals surface area (Å²) >= 11 is 0. The monoisotopic (exact) mass is 454 g/mol. The minimum absolute atomic E-state index is 0.178. The summed E-state index contributed by atoms with van der Waals surface area (Å²) in [5.74, 6) is 2.10. The largest absolute Gasteiger partial charge is 0.483 e. The zero-order valence-electron chi connectivity index (χ0n) is 20.2. The first-order valence-electron chi connectivity index (χ1n) is 11.7. The molecule has 2 aromatic rings. The molecule has 2 aliphatic rings. The minimum Gasteiger partial charge on any atom is -0.483 e. The maximum atomic E-state index is 11.6. The predicted molar refractivity (Wildman–Crippen MR) is 126 cm³/mol. The van der Waals surface area contributed by atoms with E-state index in [1.165, 1.54) is 19.8 Å². The van der Waals surface area contributed by atoms with E-state index in [0.29, 0.717) is 29.8 Å². The molecule has 1 aromatic heterocycles. The van der Waals surface area contributed by atoms with Crippen molar-refractivity contribution in [2.45, 2.75) is 84.8 Å². The smallest absolute Gasteiger partial charge is 0.308 e. The number of nitrogen functional groups attached to an aromatic ring is 1. The molecule has 178 valence electrons. The van der Waals surface area contributed by atoms with Crippen molar-refractivity contribution in [2.75, 3.05) is 12.3 Å². The number of carbonyl (C=O) groups is 1. The Morgan fingerprint density at radius 2 is 1.91 bits per heavy atom. The fourth-order valence-electron chi connectivity index (χ4n) is 4.68. The minimum atomic E-state index is -0.519. The van der Waals surface area contributed by atoms with Crippen molar-refractivity contribution in [2.24, 2.45) is 0 Å². The number of pyridine rings is 1. The molecule has 1 saturated carbocycles. The summed E-state index contributed by atoms with van der Waals surface area (Å²) in [7, 11) is 0. The van der Waals surface area contributed by atoms with Gasteiger partial charge in [-0.3, -0.25) is 4.79 Å². The second-order valence-electron chi connectivity index (χ2n) is 9.51. The number of rotatable bonds is 6. The topological polar surface area (TPSA) is 92.9 Å². The van der Waals surface area contributed by atoms with E-state index in [1.54, 1.807) is 12.1 Å². The van der Waals surface area contributed by atoms with Crippen molar-refractivity contribution in [3.63, 3.8) is 0 Å². The van der Waals surface area contributed by atoms with Gasteiger partial charge in [0, 0.05) is 18.6 Å². The van der Waals surface area contributed by atoms with Gasteiger partial charge in [0.2, 0.25) is 11.8 Å². The fraction of sp³-hybridized carbons (Fsp3) is 0.538. The van der Waals surface area contributed by atoms with E-state index in [0.717, 1.165) is 53.7 Å². The number of hydrogen-bond acceptors (Lipinski definition) is 7. The number of anilines is 1. The highest BCUT2D eigenvalue weighted by Gasteiger charge is 2.36. The number of aromatic nitrogens is 1. The van der Waals surface area contributed by atoms with Crippen LogP contribution in [0.4, 0.5) is 5.69 Å². The van der Waals surface area contributed by atoms with Crippen LogP contribution in [-0.4, -0.2) is 29.3 Å². The summed E-state index contributed by atoms with van der Waals surface area (Å²) in [4.78, 5) is 16.1. The van der Waals surface area contributed by atoms with Gasteiger partial charge in [0.25, 0.3) is 0 Å². The highest BCUT2D eigenvalue weighted by Crippen LogP contribution is 2.44. The maximum Gasteiger partial charge on any atom is 0.308 e. The summed E-state index contributed by atoms with van der Waals surface area (Å²) in [6, 6.07) is 3.54. The van der Waals surface area contributed by atoms with Crippen LogP contribution < -0.4 is 24.7 Å². The van der Waals surface area contributed by atoms with Crippen molar-refractivity contribution in [1.82, 2.24) is 4.98 Å². The van der Waals surface area contributed by atoms with Gasteiger partial charge in [-0.2, -0.15) is 4.98 Å². The van der Waals surface area contributed by atoms with Gasteiger partial charge >= 0.3 is 5.97 Å². The molecule has 0 spiro atoms. The van der Waals surface area contributed by atoms with Crippen LogP contribution in [0.1, 0.15) is 68.2 Å². The first kappa shape index (κ1) is 23.2. The first-order valence-corrected chi connectivity index (χ1v) is 11.7. The molecule has 2 heterocycles. The second kappa shape index (κ2) is 9.12. The van der Waals surface area contributed by atoms with Gasteiger partial charge in [0.1, 0.15) is 29.8 Å². The second-order valence-corrected chi connectivity index (χ2v) is 9.51. The molecule has 4 rings (SSSR count). The number of fused-ring (bicyclic) bond motifs is 1. The molecule has 0 saturated heterocycles. The normalized spacial score (nSPS) is 20.2. The fourth-order valence-corrected chi connectivity index (χ4v) is 4.68. The molecule has 7 heteroatoms. The Kier molecular flexibility index (Phi) is 6.41. The van der Waals surface area contributed by atoms with Crippen LogP contribution in [0.25, 0.3) is 0 Å². The summed E-state index contributed by atoms with van der Waals surface area (Å²) in [6.45, 7) is 9.76. The average Bonchev–Trinajstić information content (AvgIpc) is 3.29. The molecule has 0 radical (unpaired) electrons. The molecule has 1 aromatic carbocycles. The first-order chi connectivity index (χ1) is 15.7. The van der Waals surface area contributed by atoms with E-state index in [-0.39, 0.29) is 12.1 Å². The van der Waals surface area contributed by atoms with Gasteiger partial charge in [-0.25, -0.2) is 0 Å². The SMILES string of the molecule is CC(=O)Oc1c(C)c(C)c2c(c1C)CCC(C)(COc1ccc(N)c(OC3CCCC3)n1)O2. The highest BCUT2D eigenvalue weighted by atomic mass is 16.6. The quantitative estimate of drug-likeness (QED) is 0.485. The van der Waals surface area contributed by atoms with Crippen molar-refractivity contribution in [3.8, 4) is 23.3 Å². The standard InChI is InChI=1S/C26H34N2O5/c1-15-16(2)24-20(17(3)23(15)31-18(4)29)12-13-26(5,33-24)14-30-22-11-10-21(27)25(28-22)32-19-8-6-7-9-19/h10-11,19H,6-9,12-14,27H2,1-5H3. The summed E-state index contributed by atoms with van der Waals surface area (Å²) in [5, 5.41) is 0. The number of hydrogen-bond donors (Lipinski definition) is 1. The zero-order valence-corrected chi connectivity index (χ0v) is 20.2. The predicted octanol–water partition coefficient (Wildman–Crippen LogP) is 5.00. The van der Waals surface area contributed by atoms with Gasteiger partial charge in [-0.1, -0.05) is 0 Å². The van der Waals surface area contributed by atoms with E-state index >= 15 is 0 Å². The Labute approximate surface area is 195 Å². The third-order valence-electron chi connectivity index (χ3n) is 6.78. The Hall–Kier alpha value is -2.96. The lowest BCUT2D eigenvalue weighted by Gasteiger charge is -2.37. The maximum absolute atomic E-state index is 11.6. The average molecular weight is 455 g/mol. The molecule has 0 bridgehead atoms. The Balaban J connectivity index is 1.49. The van der Waals surface area contributed by atoms with Gasteiger partial charge in [0.15, 0.2) is 0 Å². The van der Waals surface area contributed by atoms with Crippen LogP contribution in [0.3, 0.4) is 0 Å². The lowest BCUT2D eigenvalue weighted by molar-refractivity contribution is -0.132. The lowest BCUT2D eigenvalue weighted by atomic mass is 9.87. The Morgan fingerprint density at radius 3 is 2.61 bits per heavy atom. The zero-order chi connectivity index (χ0) is 23.8. The van der Waals surface area contributed by atoms with E-state index < -0.39 is 5.60 Å². The van der Waals surface area contributed by atoms with Crippen LogP contribution in [-0.2, 0) is 11.2 Å². The number of benzene rings is 1. The van der Waals surface area contributed by atoms with E-state index in [4.69, 9.17) is 24.7 Å². The van der Waals surface area contributed by atoms with Crippen molar-refractivity contribution in [3.05, 3.63) is 34.4 Å². The number of esters is 1. The van der Waals surface area contributed by atoms with E-state index in [1.807, 2.05) is 27.7 Å².